The van der Waals surface area contributed by atoms with Gasteiger partial charge in [-0.1, -0.05) is 52.6 Å². The zero-order valence-corrected chi connectivity index (χ0v) is 16.7. The number of rotatable bonds is 3. The third kappa shape index (κ3) is 4.16. The second-order valence-corrected chi connectivity index (χ2v) is 8.77. The molecule has 6 nitrogen and oxygen atoms in total. The van der Waals surface area contributed by atoms with Crippen LogP contribution in [0.5, 0.6) is 0 Å². The molecule has 0 saturated carbocycles. The van der Waals surface area contributed by atoms with Crippen molar-refractivity contribution in [2.75, 3.05) is 11.6 Å². The minimum absolute atomic E-state index is 0.266. The van der Waals surface area contributed by atoms with E-state index in [1.807, 2.05) is 0 Å². The van der Waals surface area contributed by atoms with Gasteiger partial charge < -0.3 is 9.84 Å². The Morgan fingerprint density at radius 1 is 1.11 bits per heavy atom. The first-order chi connectivity index (χ1) is 12.8. The van der Waals surface area contributed by atoms with Crippen molar-refractivity contribution < 1.29 is 13.5 Å². The van der Waals surface area contributed by atoms with E-state index in [9.17, 15) is 9.00 Å². The molecule has 0 radical (unpaired) electrons. The number of amides is 2. The van der Waals surface area contributed by atoms with Gasteiger partial charge in [0.25, 0.3) is 0 Å². The van der Waals surface area contributed by atoms with Crippen molar-refractivity contribution >= 4 is 44.6 Å². The van der Waals surface area contributed by atoms with Crippen LogP contribution >= 0.6 is 23.2 Å². The maximum absolute atomic E-state index is 12.8. The molecule has 3 rings (SSSR count). The Morgan fingerprint density at radius 3 is 2.37 bits per heavy atom. The summed E-state index contributed by atoms with van der Waals surface area (Å²) in [7, 11) is -2.91. The highest BCUT2D eigenvalue weighted by Gasteiger charge is 2.22. The zero-order chi connectivity index (χ0) is 19.6. The number of halogens is 2. The van der Waals surface area contributed by atoms with Crippen LogP contribution < -0.4 is 5.32 Å². The highest BCUT2D eigenvalue weighted by molar-refractivity contribution is 7.93. The maximum atomic E-state index is 12.8. The number of urea groups is 1. The summed E-state index contributed by atoms with van der Waals surface area (Å²) < 4.78 is 21.8. The third-order valence-corrected chi connectivity index (χ3v) is 6.02. The quantitative estimate of drug-likeness (QED) is 0.589. The minimum Gasteiger partial charge on any atom is -0.359 e. The van der Waals surface area contributed by atoms with Crippen LogP contribution in [0.25, 0.3) is 11.3 Å². The fourth-order valence-electron chi connectivity index (χ4n) is 2.43. The first-order valence-electron chi connectivity index (χ1n) is 7.78. The monoisotopic (exact) mass is 423 g/mol. The number of hydrogen-bond donors (Lipinski definition) is 1. The Morgan fingerprint density at radius 2 is 1.74 bits per heavy atom. The van der Waals surface area contributed by atoms with Crippen LogP contribution in [0.15, 0.2) is 62.3 Å². The first-order valence-corrected chi connectivity index (χ1v) is 10.5. The average Bonchev–Trinajstić information content (AvgIpc) is 2.96. The lowest BCUT2D eigenvalue weighted by Gasteiger charge is -2.08. The van der Waals surface area contributed by atoms with E-state index in [4.69, 9.17) is 27.7 Å². The molecule has 9 heteroatoms. The van der Waals surface area contributed by atoms with E-state index < -0.39 is 15.8 Å². The lowest BCUT2D eigenvalue weighted by molar-refractivity contribution is 0.260. The molecule has 0 aliphatic carbocycles. The van der Waals surface area contributed by atoms with Crippen LogP contribution in [0.4, 0.5) is 10.5 Å². The van der Waals surface area contributed by atoms with E-state index in [0.29, 0.717) is 26.3 Å². The molecule has 1 atom stereocenters. The molecule has 0 saturated heterocycles. The molecular weight excluding hydrogens is 409 g/mol. The van der Waals surface area contributed by atoms with Gasteiger partial charge in [0.1, 0.15) is 11.4 Å². The van der Waals surface area contributed by atoms with Gasteiger partial charge in [0.05, 0.1) is 19.8 Å². The summed E-state index contributed by atoms with van der Waals surface area (Å²) in [5, 5.41) is 7.23. The molecule has 27 heavy (non-hydrogen) atoms. The molecule has 0 bridgehead atoms. The van der Waals surface area contributed by atoms with Gasteiger partial charge in [-0.25, -0.2) is 9.00 Å². The molecule has 1 N–H and O–H groups in total. The number of carbonyl (C=O) groups is 1. The Labute approximate surface area is 166 Å². The van der Waals surface area contributed by atoms with Crippen molar-refractivity contribution in [1.82, 2.24) is 5.16 Å². The number of aromatic nitrogens is 1. The molecule has 2 amide bonds. The number of nitrogens with zero attached hydrogens (tertiary/aromatic N) is 2. The predicted molar refractivity (Wildman–Crippen MR) is 107 cm³/mol. The number of anilines is 1. The lowest BCUT2D eigenvalue weighted by Crippen LogP contribution is -2.11. The van der Waals surface area contributed by atoms with E-state index in [1.54, 1.807) is 55.5 Å². The molecule has 1 heterocycles. The fourth-order valence-corrected chi connectivity index (χ4v) is 4.13. The number of nitrogens with one attached hydrogen (secondary N) is 1. The van der Waals surface area contributed by atoms with Gasteiger partial charge in [-0.15, -0.1) is 4.36 Å². The van der Waals surface area contributed by atoms with Gasteiger partial charge in [0.15, 0.2) is 5.76 Å². The van der Waals surface area contributed by atoms with Crippen molar-refractivity contribution in [3.8, 4) is 11.3 Å². The highest BCUT2D eigenvalue weighted by Crippen LogP contribution is 2.39. The van der Waals surface area contributed by atoms with Crippen LogP contribution in [0, 0.1) is 6.92 Å². The second-order valence-electron chi connectivity index (χ2n) is 5.70. The van der Waals surface area contributed by atoms with Crippen molar-refractivity contribution in [3.05, 3.63) is 64.3 Å². The van der Waals surface area contributed by atoms with Crippen molar-refractivity contribution in [1.29, 1.82) is 0 Å². The molecule has 0 aliphatic heterocycles. The number of hydrogen-bond acceptors (Lipinski definition) is 4. The summed E-state index contributed by atoms with van der Waals surface area (Å²) in [6.07, 6.45) is 1.40. The SMILES string of the molecule is Cc1onc(-c2c(Cl)cccc2Cl)c1NC(=O)N=[S@](C)(=O)c1ccccc1. The van der Waals surface area contributed by atoms with Crippen LogP contribution in [0.1, 0.15) is 5.76 Å². The molecule has 0 spiro atoms. The van der Waals surface area contributed by atoms with E-state index in [-0.39, 0.29) is 11.4 Å². The molecule has 0 unspecified atom stereocenters. The summed E-state index contributed by atoms with van der Waals surface area (Å²) in [5.74, 6) is 0.340. The number of carbonyl (C=O) groups excluding carboxylic acids is 1. The van der Waals surface area contributed by atoms with Gasteiger partial charge in [-0.2, -0.15) is 0 Å². The van der Waals surface area contributed by atoms with Gasteiger partial charge >= 0.3 is 6.03 Å². The molecule has 140 valence electrons. The Kier molecular flexibility index (Phi) is 5.55. The summed E-state index contributed by atoms with van der Waals surface area (Å²) in [6, 6.07) is 12.8. The number of aryl methyl sites for hydroxylation is 1. The normalized spacial score (nSPS) is 13.0. The van der Waals surface area contributed by atoms with Crippen molar-refractivity contribution in [2.45, 2.75) is 11.8 Å². The largest absolute Gasteiger partial charge is 0.359 e. The Bertz CT molecular complexity index is 1100. The topological polar surface area (TPSA) is 84.6 Å². The highest BCUT2D eigenvalue weighted by atomic mass is 35.5. The summed E-state index contributed by atoms with van der Waals surface area (Å²) in [5.41, 5.74) is 0.962. The molecule has 3 aromatic rings. The van der Waals surface area contributed by atoms with E-state index in [0.717, 1.165) is 0 Å². The van der Waals surface area contributed by atoms with Gasteiger partial charge in [-0.3, -0.25) is 0 Å². The van der Waals surface area contributed by atoms with Crippen LogP contribution in [0.2, 0.25) is 10.0 Å². The van der Waals surface area contributed by atoms with E-state index in [2.05, 4.69) is 14.8 Å². The molecule has 1 aromatic heterocycles. The molecule has 0 aliphatic rings. The molecule has 2 aromatic carbocycles. The van der Waals surface area contributed by atoms with Gasteiger partial charge in [0, 0.05) is 16.7 Å². The van der Waals surface area contributed by atoms with E-state index >= 15 is 0 Å². The summed E-state index contributed by atoms with van der Waals surface area (Å²) in [6.45, 7) is 1.62. The third-order valence-electron chi connectivity index (χ3n) is 3.73. The number of benzene rings is 2. The van der Waals surface area contributed by atoms with Gasteiger partial charge in [0.2, 0.25) is 0 Å². The Hall–Kier alpha value is -2.35. The van der Waals surface area contributed by atoms with Crippen LogP contribution in [-0.2, 0) is 9.73 Å². The summed E-state index contributed by atoms with van der Waals surface area (Å²) >= 11 is 12.4. The summed E-state index contributed by atoms with van der Waals surface area (Å²) in [4.78, 5) is 12.9. The Balaban J connectivity index is 1.98. The van der Waals surface area contributed by atoms with E-state index in [1.165, 1.54) is 6.26 Å². The first kappa shape index (κ1) is 19.4. The predicted octanol–water partition coefficient (Wildman–Crippen LogP) is 5.65. The standard InChI is InChI=1S/C18H15Cl2N3O3S/c1-11-16(17(22-26-11)15-13(19)9-6-10-14(15)20)21-18(24)23-27(2,25)12-7-4-3-5-8-12/h3-10H,1-2H3,(H,21,24)/t27-/m1/s1. The molecular formula is C18H15Cl2N3O3S. The second kappa shape index (κ2) is 7.72. The van der Waals surface area contributed by atoms with Crippen molar-refractivity contribution in [2.24, 2.45) is 4.36 Å². The average molecular weight is 424 g/mol. The van der Waals surface area contributed by atoms with Crippen molar-refractivity contribution in [3.63, 3.8) is 0 Å². The van der Waals surface area contributed by atoms with Gasteiger partial charge in [-0.05, 0) is 31.2 Å². The fraction of sp³-hybridized carbons (Fsp3) is 0.111. The molecule has 0 fully saturated rings. The minimum atomic E-state index is -2.91. The van der Waals surface area contributed by atoms with Crippen LogP contribution in [0.3, 0.4) is 0 Å². The zero-order valence-electron chi connectivity index (χ0n) is 14.4. The van der Waals surface area contributed by atoms with Crippen LogP contribution in [-0.4, -0.2) is 21.7 Å². The lowest BCUT2D eigenvalue weighted by atomic mass is 10.1. The maximum Gasteiger partial charge on any atom is 0.354 e. The smallest absolute Gasteiger partial charge is 0.354 e.